The van der Waals surface area contributed by atoms with Crippen LogP contribution in [0.3, 0.4) is 0 Å². The molecule has 1 atom stereocenters. The van der Waals surface area contributed by atoms with Crippen molar-refractivity contribution in [1.82, 2.24) is 10.2 Å². The summed E-state index contributed by atoms with van der Waals surface area (Å²) >= 11 is 0. The van der Waals surface area contributed by atoms with Crippen molar-refractivity contribution in [3.63, 3.8) is 0 Å². The van der Waals surface area contributed by atoms with E-state index in [0.717, 1.165) is 6.54 Å². The van der Waals surface area contributed by atoms with Crippen molar-refractivity contribution in [2.24, 2.45) is 0 Å². The second-order valence-corrected chi connectivity index (χ2v) is 6.42. The van der Waals surface area contributed by atoms with Gasteiger partial charge >= 0.3 is 0 Å². The summed E-state index contributed by atoms with van der Waals surface area (Å²) in [5.74, 6) is 0. The van der Waals surface area contributed by atoms with E-state index in [-0.39, 0.29) is 0 Å². The van der Waals surface area contributed by atoms with Gasteiger partial charge in [-0.15, -0.1) is 0 Å². The zero-order chi connectivity index (χ0) is 14.9. The lowest BCUT2D eigenvalue weighted by atomic mass is 10.0. The van der Waals surface area contributed by atoms with Crippen LogP contribution >= 0.6 is 0 Å². The lowest BCUT2D eigenvalue weighted by Crippen LogP contribution is -2.32. The van der Waals surface area contributed by atoms with Gasteiger partial charge in [-0.25, -0.2) is 0 Å². The second-order valence-electron chi connectivity index (χ2n) is 6.42. The Hall–Kier alpha value is -0.860. The molecule has 21 heavy (non-hydrogen) atoms. The maximum absolute atomic E-state index is 3.66. The molecule has 1 unspecified atom stereocenters. The third-order valence-electron chi connectivity index (χ3n) is 4.57. The SMILES string of the molecule is CCCc1ccc(C(C)NCCCN2CCCCC2)cc1. The number of rotatable bonds is 8. The molecule has 2 heteroatoms. The monoisotopic (exact) mass is 288 g/mol. The Morgan fingerprint density at radius 1 is 1.10 bits per heavy atom. The predicted molar refractivity (Wildman–Crippen MR) is 91.8 cm³/mol. The van der Waals surface area contributed by atoms with E-state index in [2.05, 4.69) is 48.3 Å². The molecule has 0 spiro atoms. The molecule has 1 N–H and O–H groups in total. The average molecular weight is 288 g/mol. The van der Waals surface area contributed by atoms with Gasteiger partial charge < -0.3 is 10.2 Å². The van der Waals surface area contributed by atoms with Crippen LogP contribution < -0.4 is 5.32 Å². The first-order chi connectivity index (χ1) is 10.3. The van der Waals surface area contributed by atoms with Crippen molar-refractivity contribution in [2.45, 2.75) is 58.4 Å². The van der Waals surface area contributed by atoms with Gasteiger partial charge in [-0.3, -0.25) is 0 Å². The number of nitrogens with zero attached hydrogens (tertiary/aromatic N) is 1. The van der Waals surface area contributed by atoms with Gasteiger partial charge in [0.15, 0.2) is 0 Å². The van der Waals surface area contributed by atoms with E-state index in [1.54, 1.807) is 0 Å². The molecular formula is C19H32N2. The predicted octanol–water partition coefficient (Wildman–Crippen LogP) is 4.17. The smallest absolute Gasteiger partial charge is 0.0291 e. The minimum absolute atomic E-state index is 0.460. The van der Waals surface area contributed by atoms with Gasteiger partial charge in [0.1, 0.15) is 0 Å². The highest BCUT2D eigenvalue weighted by Crippen LogP contribution is 2.14. The molecular weight excluding hydrogens is 256 g/mol. The van der Waals surface area contributed by atoms with Crippen LogP contribution in [0.2, 0.25) is 0 Å². The van der Waals surface area contributed by atoms with Gasteiger partial charge in [0.25, 0.3) is 0 Å². The summed E-state index contributed by atoms with van der Waals surface area (Å²) in [6.07, 6.45) is 7.90. The molecule has 0 aliphatic carbocycles. The summed E-state index contributed by atoms with van der Waals surface area (Å²) in [6.45, 7) is 9.52. The van der Waals surface area contributed by atoms with Crippen LogP contribution in [0, 0.1) is 0 Å². The molecule has 0 aromatic heterocycles. The third kappa shape index (κ3) is 5.80. The summed E-state index contributed by atoms with van der Waals surface area (Å²) in [5, 5.41) is 3.66. The van der Waals surface area contributed by atoms with Gasteiger partial charge in [0, 0.05) is 6.04 Å². The van der Waals surface area contributed by atoms with Crippen molar-refractivity contribution in [2.75, 3.05) is 26.2 Å². The molecule has 1 aromatic carbocycles. The molecule has 2 rings (SSSR count). The van der Waals surface area contributed by atoms with Crippen LogP contribution in [0.15, 0.2) is 24.3 Å². The normalized spacial score (nSPS) is 17.8. The van der Waals surface area contributed by atoms with E-state index in [1.807, 2.05) is 0 Å². The van der Waals surface area contributed by atoms with Crippen molar-refractivity contribution in [3.8, 4) is 0 Å². The first kappa shape index (κ1) is 16.5. The number of nitrogens with one attached hydrogen (secondary N) is 1. The first-order valence-electron chi connectivity index (χ1n) is 8.84. The lowest BCUT2D eigenvalue weighted by Gasteiger charge is -2.26. The first-order valence-corrected chi connectivity index (χ1v) is 8.84. The van der Waals surface area contributed by atoms with Crippen LogP contribution in [0.5, 0.6) is 0 Å². The Morgan fingerprint density at radius 2 is 1.81 bits per heavy atom. The number of hydrogen-bond donors (Lipinski definition) is 1. The largest absolute Gasteiger partial charge is 0.310 e. The Balaban J connectivity index is 1.65. The number of hydrogen-bond acceptors (Lipinski definition) is 2. The highest BCUT2D eigenvalue weighted by Gasteiger charge is 2.09. The minimum Gasteiger partial charge on any atom is -0.310 e. The van der Waals surface area contributed by atoms with Gasteiger partial charge in [-0.1, -0.05) is 44.0 Å². The topological polar surface area (TPSA) is 15.3 Å². The maximum Gasteiger partial charge on any atom is 0.0291 e. The highest BCUT2D eigenvalue weighted by molar-refractivity contribution is 5.24. The molecule has 0 amide bonds. The molecule has 1 aliphatic heterocycles. The van der Waals surface area contributed by atoms with Crippen LogP contribution in [0.25, 0.3) is 0 Å². The van der Waals surface area contributed by atoms with Crippen molar-refractivity contribution in [3.05, 3.63) is 35.4 Å². The van der Waals surface area contributed by atoms with Crippen molar-refractivity contribution in [1.29, 1.82) is 0 Å². The molecule has 2 nitrogen and oxygen atoms in total. The van der Waals surface area contributed by atoms with Gasteiger partial charge in [-0.2, -0.15) is 0 Å². The summed E-state index contributed by atoms with van der Waals surface area (Å²) in [5.41, 5.74) is 2.87. The van der Waals surface area contributed by atoms with Crippen LogP contribution in [0.1, 0.15) is 63.1 Å². The van der Waals surface area contributed by atoms with Crippen molar-refractivity contribution < 1.29 is 0 Å². The minimum atomic E-state index is 0.460. The van der Waals surface area contributed by atoms with E-state index < -0.39 is 0 Å². The number of aryl methyl sites for hydroxylation is 1. The van der Waals surface area contributed by atoms with Crippen LogP contribution in [0.4, 0.5) is 0 Å². The number of piperidine rings is 1. The number of likely N-dealkylation sites (tertiary alicyclic amines) is 1. The molecule has 1 fully saturated rings. The molecule has 118 valence electrons. The van der Waals surface area contributed by atoms with E-state index in [9.17, 15) is 0 Å². The molecule has 1 saturated heterocycles. The Labute approximate surface area is 130 Å². The molecule has 0 radical (unpaired) electrons. The van der Waals surface area contributed by atoms with E-state index >= 15 is 0 Å². The van der Waals surface area contributed by atoms with Crippen LogP contribution in [-0.4, -0.2) is 31.1 Å². The van der Waals surface area contributed by atoms with Crippen molar-refractivity contribution >= 4 is 0 Å². The van der Waals surface area contributed by atoms with Gasteiger partial charge in [0.05, 0.1) is 0 Å². The Kier molecular flexibility index (Phi) is 7.25. The maximum atomic E-state index is 3.66. The van der Waals surface area contributed by atoms with E-state index in [1.165, 1.54) is 69.3 Å². The molecule has 1 aliphatic rings. The fourth-order valence-electron chi connectivity index (χ4n) is 3.18. The zero-order valence-electron chi connectivity index (χ0n) is 13.9. The summed E-state index contributed by atoms with van der Waals surface area (Å²) < 4.78 is 0. The van der Waals surface area contributed by atoms with E-state index in [4.69, 9.17) is 0 Å². The highest BCUT2D eigenvalue weighted by atomic mass is 15.1. The molecule has 1 aromatic rings. The molecule has 0 saturated carbocycles. The van der Waals surface area contributed by atoms with Crippen LogP contribution in [-0.2, 0) is 6.42 Å². The average Bonchev–Trinajstić information content (AvgIpc) is 2.53. The fraction of sp³-hybridized carbons (Fsp3) is 0.684. The molecule has 0 bridgehead atoms. The standard InChI is InChI=1S/C19H32N2/c1-3-8-18-9-11-19(12-10-18)17(2)20-13-7-16-21-14-5-4-6-15-21/h9-12,17,20H,3-8,13-16H2,1-2H3. The Morgan fingerprint density at radius 3 is 2.48 bits per heavy atom. The second kappa shape index (κ2) is 9.22. The van der Waals surface area contributed by atoms with Gasteiger partial charge in [0.2, 0.25) is 0 Å². The van der Waals surface area contributed by atoms with E-state index in [0.29, 0.717) is 6.04 Å². The Bertz CT molecular complexity index is 379. The third-order valence-corrected chi connectivity index (χ3v) is 4.57. The zero-order valence-corrected chi connectivity index (χ0v) is 13.9. The quantitative estimate of drug-likeness (QED) is 0.722. The summed E-state index contributed by atoms with van der Waals surface area (Å²) in [6, 6.07) is 9.60. The summed E-state index contributed by atoms with van der Waals surface area (Å²) in [7, 11) is 0. The molecule has 1 heterocycles. The fourth-order valence-corrected chi connectivity index (χ4v) is 3.18. The number of benzene rings is 1. The lowest BCUT2D eigenvalue weighted by molar-refractivity contribution is 0.225. The van der Waals surface area contributed by atoms with Gasteiger partial charge in [-0.05, 0) is 69.9 Å². The summed E-state index contributed by atoms with van der Waals surface area (Å²) in [4.78, 5) is 2.62.